The number of nitriles is 1. The molecule has 2 aliphatic heterocycles. The van der Waals surface area contributed by atoms with Crippen molar-refractivity contribution in [1.82, 2.24) is 4.98 Å². The molecule has 0 bridgehead atoms. The molecule has 0 fully saturated rings. The number of pyridine rings is 1. The van der Waals surface area contributed by atoms with Gasteiger partial charge in [-0.05, 0) is 77.4 Å². The van der Waals surface area contributed by atoms with Crippen molar-refractivity contribution in [2.75, 3.05) is 0 Å². The summed E-state index contributed by atoms with van der Waals surface area (Å²) in [5, 5.41) is 10.4. The van der Waals surface area contributed by atoms with Crippen LogP contribution in [0.5, 0.6) is 11.5 Å². The molecule has 48 heavy (non-hydrogen) atoms. The van der Waals surface area contributed by atoms with E-state index in [9.17, 15) is 5.26 Å². The first-order chi connectivity index (χ1) is 23.7. The molecular formula is C44H31N3O. The van der Waals surface area contributed by atoms with Crippen LogP contribution >= 0.6 is 0 Å². The van der Waals surface area contributed by atoms with E-state index in [0.29, 0.717) is 6.42 Å². The number of fused-ring (bicyclic) bond motifs is 5. The first-order valence-corrected chi connectivity index (χ1v) is 16.5. The predicted molar refractivity (Wildman–Crippen MR) is 192 cm³/mol. The van der Waals surface area contributed by atoms with Crippen molar-refractivity contribution < 1.29 is 4.74 Å². The summed E-state index contributed by atoms with van der Waals surface area (Å²) < 4.78 is 6.64. The van der Waals surface area contributed by atoms with E-state index < -0.39 is 5.41 Å². The zero-order valence-electron chi connectivity index (χ0n) is 26.3. The van der Waals surface area contributed by atoms with Gasteiger partial charge in [0.2, 0.25) is 0 Å². The first-order valence-electron chi connectivity index (χ1n) is 16.5. The number of aromatic nitrogens is 1. The summed E-state index contributed by atoms with van der Waals surface area (Å²) in [4.78, 5) is 10.5. The van der Waals surface area contributed by atoms with Gasteiger partial charge in [0.05, 0.1) is 34.3 Å². The number of hydrogen-bond donors (Lipinski definition) is 0. The van der Waals surface area contributed by atoms with E-state index in [0.717, 1.165) is 74.6 Å². The number of rotatable bonds is 4. The lowest BCUT2D eigenvalue weighted by atomic mass is 9.63. The number of para-hydroxylation sites is 1. The average Bonchev–Trinajstić information content (AvgIpc) is 3.17. The normalized spacial score (nSPS) is 17.2. The molecule has 3 aliphatic rings. The van der Waals surface area contributed by atoms with Gasteiger partial charge in [0.15, 0.2) is 0 Å². The van der Waals surface area contributed by atoms with Gasteiger partial charge in [0.25, 0.3) is 0 Å². The van der Waals surface area contributed by atoms with Crippen LogP contribution in [-0.2, 0) is 11.8 Å². The molecular weight excluding hydrogens is 587 g/mol. The summed E-state index contributed by atoms with van der Waals surface area (Å²) in [7, 11) is 0. The molecule has 1 unspecified atom stereocenters. The summed E-state index contributed by atoms with van der Waals surface area (Å²) in [5.41, 5.74) is 11.2. The minimum Gasteiger partial charge on any atom is -0.457 e. The lowest BCUT2D eigenvalue weighted by molar-refractivity contribution is 0.434. The standard InChI is InChI=1S/C44H31N3O/c45-28-29-15-17-30(18-16-29)38-24-21-31-19-20-32-22-25-39(47-43(32)42(31)46-38)33-23-26-41-37(27-33)44(34-9-3-1-4-10-34,35-11-5-2-6-12-35)36-13-7-8-14-40(36)48-41/h1-15,17-21,23-24,26-27,29H,16,22,25H2. The van der Waals surface area contributed by atoms with Crippen LogP contribution in [0, 0.1) is 17.2 Å². The Morgan fingerprint density at radius 2 is 1.46 bits per heavy atom. The van der Waals surface area contributed by atoms with Crippen molar-refractivity contribution in [2.24, 2.45) is 10.9 Å². The minimum atomic E-state index is -0.579. The molecule has 0 spiro atoms. The van der Waals surface area contributed by atoms with E-state index in [1.807, 2.05) is 18.2 Å². The molecule has 0 N–H and O–H groups in total. The van der Waals surface area contributed by atoms with Gasteiger partial charge in [-0.3, -0.25) is 4.99 Å². The summed E-state index contributed by atoms with van der Waals surface area (Å²) in [5.74, 6) is 1.65. The summed E-state index contributed by atoms with van der Waals surface area (Å²) in [6.07, 6.45) is 8.54. The van der Waals surface area contributed by atoms with E-state index >= 15 is 0 Å². The third-order valence-electron chi connectivity index (χ3n) is 10.00. The molecule has 9 rings (SSSR count). The van der Waals surface area contributed by atoms with Crippen LogP contribution in [0.3, 0.4) is 0 Å². The Kier molecular flexibility index (Phi) is 6.66. The van der Waals surface area contributed by atoms with E-state index in [2.05, 4.69) is 133 Å². The molecule has 5 aromatic carbocycles. The minimum absolute atomic E-state index is 0.0767. The second-order valence-corrected chi connectivity index (χ2v) is 12.7. The number of hydrogen-bond acceptors (Lipinski definition) is 4. The highest BCUT2D eigenvalue weighted by molar-refractivity contribution is 6.06. The van der Waals surface area contributed by atoms with Crippen molar-refractivity contribution in [3.05, 3.63) is 185 Å². The van der Waals surface area contributed by atoms with E-state index in [-0.39, 0.29) is 5.92 Å². The highest BCUT2D eigenvalue weighted by Crippen LogP contribution is 2.55. The summed E-state index contributed by atoms with van der Waals surface area (Å²) in [6.45, 7) is 0. The molecule has 1 aromatic heterocycles. The van der Waals surface area contributed by atoms with Gasteiger partial charge in [-0.25, -0.2) is 4.98 Å². The molecule has 0 amide bonds. The molecule has 6 aromatic rings. The molecule has 1 aliphatic carbocycles. The van der Waals surface area contributed by atoms with Crippen LogP contribution in [-0.4, -0.2) is 10.7 Å². The molecule has 4 nitrogen and oxygen atoms in total. The fraction of sp³-hybridized carbons (Fsp3) is 0.114. The van der Waals surface area contributed by atoms with Gasteiger partial charge >= 0.3 is 0 Å². The number of benzene rings is 5. The highest BCUT2D eigenvalue weighted by atomic mass is 16.5. The number of aliphatic imine (C=N–C) groups is 1. The molecule has 1 atom stereocenters. The number of nitrogens with zero attached hydrogens (tertiary/aromatic N) is 3. The topological polar surface area (TPSA) is 58.3 Å². The monoisotopic (exact) mass is 617 g/mol. The summed E-state index contributed by atoms with van der Waals surface area (Å²) >= 11 is 0. The Morgan fingerprint density at radius 1 is 0.729 bits per heavy atom. The van der Waals surface area contributed by atoms with Crippen molar-refractivity contribution >= 4 is 27.9 Å². The van der Waals surface area contributed by atoms with Crippen LogP contribution in [0.25, 0.3) is 16.5 Å². The van der Waals surface area contributed by atoms with Crippen LogP contribution in [0.2, 0.25) is 0 Å². The number of aryl methyl sites for hydroxylation is 1. The maximum Gasteiger partial charge on any atom is 0.132 e. The van der Waals surface area contributed by atoms with Crippen molar-refractivity contribution in [3.8, 4) is 17.6 Å². The highest BCUT2D eigenvalue weighted by Gasteiger charge is 2.45. The van der Waals surface area contributed by atoms with Gasteiger partial charge in [-0.15, -0.1) is 0 Å². The molecule has 0 radical (unpaired) electrons. The SMILES string of the molecule is N#CC1C=CC(c2ccc3ccc4c(c3n2)N=C(c2ccc3c(c2)C(c2ccccc2)(c2ccccc2)c2ccccc2O3)CC4)=CC1. The zero-order chi connectivity index (χ0) is 32.1. The lowest BCUT2D eigenvalue weighted by Crippen LogP contribution is -2.34. The smallest absolute Gasteiger partial charge is 0.132 e. The molecule has 0 saturated heterocycles. The Balaban J connectivity index is 1.22. The maximum atomic E-state index is 9.33. The molecule has 228 valence electrons. The van der Waals surface area contributed by atoms with Gasteiger partial charge < -0.3 is 4.74 Å². The van der Waals surface area contributed by atoms with Crippen LogP contribution in [0.4, 0.5) is 5.69 Å². The quantitative estimate of drug-likeness (QED) is 0.197. The third-order valence-corrected chi connectivity index (χ3v) is 10.00. The number of allylic oxidation sites excluding steroid dienone is 4. The Hall–Kier alpha value is -6.05. The van der Waals surface area contributed by atoms with Crippen molar-refractivity contribution in [3.63, 3.8) is 0 Å². The third kappa shape index (κ3) is 4.43. The largest absolute Gasteiger partial charge is 0.457 e. The maximum absolute atomic E-state index is 9.33. The Morgan fingerprint density at radius 3 is 2.21 bits per heavy atom. The molecule has 4 heteroatoms. The van der Waals surface area contributed by atoms with Gasteiger partial charge in [-0.1, -0.05) is 115 Å². The van der Waals surface area contributed by atoms with Crippen molar-refractivity contribution in [1.29, 1.82) is 5.26 Å². The fourth-order valence-corrected chi connectivity index (χ4v) is 7.65. The first kappa shape index (κ1) is 28.2. The summed E-state index contributed by atoms with van der Waals surface area (Å²) in [6, 6.07) is 47.5. The zero-order valence-corrected chi connectivity index (χ0v) is 26.3. The average molecular weight is 618 g/mol. The second kappa shape index (κ2) is 11.3. The van der Waals surface area contributed by atoms with E-state index in [4.69, 9.17) is 14.7 Å². The lowest BCUT2D eigenvalue weighted by Gasteiger charge is -2.41. The van der Waals surface area contributed by atoms with Gasteiger partial charge in [0, 0.05) is 22.2 Å². The Bertz CT molecular complexity index is 2320. The predicted octanol–water partition coefficient (Wildman–Crippen LogP) is 10.3. The number of ether oxygens (including phenoxy) is 1. The van der Waals surface area contributed by atoms with Crippen molar-refractivity contribution in [2.45, 2.75) is 24.7 Å². The second-order valence-electron chi connectivity index (χ2n) is 12.7. The van der Waals surface area contributed by atoms with E-state index in [1.54, 1.807) is 0 Å². The van der Waals surface area contributed by atoms with Gasteiger partial charge in [-0.2, -0.15) is 5.26 Å². The van der Waals surface area contributed by atoms with E-state index in [1.165, 1.54) is 16.7 Å². The molecule has 0 saturated carbocycles. The molecule has 3 heterocycles. The Labute approximate surface area is 280 Å². The van der Waals surface area contributed by atoms with Crippen LogP contribution in [0.1, 0.15) is 51.9 Å². The van der Waals surface area contributed by atoms with Gasteiger partial charge in [0.1, 0.15) is 11.5 Å². The fourth-order valence-electron chi connectivity index (χ4n) is 7.65. The van der Waals surface area contributed by atoms with Crippen LogP contribution < -0.4 is 4.74 Å². The van der Waals surface area contributed by atoms with Crippen LogP contribution in [0.15, 0.2) is 151 Å².